The van der Waals surface area contributed by atoms with Crippen molar-refractivity contribution >= 4 is 23.6 Å². The Morgan fingerprint density at radius 3 is 2.53 bits per heavy atom. The van der Waals surface area contributed by atoms with Crippen LogP contribution in [0.5, 0.6) is 0 Å². The molecule has 1 saturated heterocycles. The third kappa shape index (κ3) is 5.30. The topological polar surface area (TPSA) is 57.6 Å². The molecule has 1 rings (SSSR count). The number of hydrogen-bond acceptors (Lipinski definition) is 3. The van der Waals surface area contributed by atoms with Crippen LogP contribution in [0.15, 0.2) is 0 Å². The highest BCUT2D eigenvalue weighted by molar-refractivity contribution is 8.00. The van der Waals surface area contributed by atoms with E-state index in [1.54, 1.807) is 6.92 Å². The molecule has 0 aromatic rings. The maximum absolute atomic E-state index is 11.9. The maximum atomic E-state index is 11.9. The van der Waals surface area contributed by atoms with E-state index in [-0.39, 0.29) is 17.6 Å². The molecule has 0 saturated carbocycles. The Hall–Kier alpha value is -0.920. The van der Waals surface area contributed by atoms with Crippen molar-refractivity contribution in [2.75, 3.05) is 24.6 Å². The number of carbonyl (C=O) groups excluding carboxylic acids is 1. The summed E-state index contributed by atoms with van der Waals surface area (Å²) in [4.78, 5) is 24.0. The molecule has 0 bridgehead atoms. The summed E-state index contributed by atoms with van der Waals surface area (Å²) in [6.07, 6.45) is -3.92. The second kappa shape index (κ2) is 6.49. The predicted molar refractivity (Wildman–Crippen MR) is 64.9 cm³/mol. The zero-order valence-corrected chi connectivity index (χ0v) is 11.3. The van der Waals surface area contributed by atoms with Gasteiger partial charge in [0.05, 0.1) is 17.4 Å². The van der Waals surface area contributed by atoms with Crippen LogP contribution >= 0.6 is 11.8 Å². The Kier molecular flexibility index (Phi) is 5.51. The molecule has 0 aromatic heterocycles. The predicted octanol–water partition coefficient (Wildman–Crippen LogP) is 1.85. The van der Waals surface area contributed by atoms with E-state index in [0.29, 0.717) is 31.3 Å². The number of halogens is 3. The summed E-state index contributed by atoms with van der Waals surface area (Å²) in [6, 6.07) is 0. The molecule has 0 aromatic carbocycles. The van der Waals surface area contributed by atoms with Crippen molar-refractivity contribution < 1.29 is 27.9 Å². The molecule has 2 atom stereocenters. The molecule has 4 nitrogen and oxygen atoms in total. The van der Waals surface area contributed by atoms with Crippen LogP contribution in [0.4, 0.5) is 13.2 Å². The highest BCUT2D eigenvalue weighted by Crippen LogP contribution is 2.25. The van der Waals surface area contributed by atoms with Crippen LogP contribution in [-0.2, 0) is 9.59 Å². The normalized spacial score (nSPS) is 24.3. The number of piperidine rings is 1. The zero-order chi connectivity index (χ0) is 14.6. The third-order valence-corrected chi connectivity index (χ3v) is 4.05. The Bertz CT molecular complexity index is 349. The second-order valence-corrected chi connectivity index (χ2v) is 5.64. The van der Waals surface area contributed by atoms with Gasteiger partial charge in [0.15, 0.2) is 0 Å². The number of likely N-dealkylation sites (tertiary alicyclic amines) is 1. The fraction of sp³-hybridized carbons (Fsp3) is 0.818. The molecule has 0 radical (unpaired) electrons. The van der Waals surface area contributed by atoms with Gasteiger partial charge in [-0.1, -0.05) is 6.92 Å². The molecule has 0 spiro atoms. The number of thioether (sulfide) groups is 1. The lowest BCUT2D eigenvalue weighted by molar-refractivity contribution is -0.147. The second-order valence-electron chi connectivity index (χ2n) is 4.66. The number of amides is 1. The Morgan fingerprint density at radius 2 is 2.05 bits per heavy atom. The number of hydrogen-bond donors (Lipinski definition) is 1. The van der Waals surface area contributed by atoms with Crippen LogP contribution in [0.25, 0.3) is 0 Å². The molecule has 1 aliphatic rings. The van der Waals surface area contributed by atoms with E-state index in [0.717, 1.165) is 0 Å². The molecule has 19 heavy (non-hydrogen) atoms. The van der Waals surface area contributed by atoms with Gasteiger partial charge in [-0.05, 0) is 12.3 Å². The minimum absolute atomic E-state index is 0.178. The lowest BCUT2D eigenvalue weighted by atomic mass is 9.87. The van der Waals surface area contributed by atoms with Crippen LogP contribution in [0.1, 0.15) is 13.3 Å². The van der Waals surface area contributed by atoms with Crippen molar-refractivity contribution in [3.8, 4) is 0 Å². The maximum Gasteiger partial charge on any atom is 0.397 e. The summed E-state index contributed by atoms with van der Waals surface area (Å²) in [5.41, 5.74) is 0. The van der Waals surface area contributed by atoms with Crippen LogP contribution in [-0.4, -0.2) is 52.7 Å². The summed E-state index contributed by atoms with van der Waals surface area (Å²) in [5, 5.41) is 8.93. The van der Waals surface area contributed by atoms with Gasteiger partial charge in [-0.3, -0.25) is 9.59 Å². The lowest BCUT2D eigenvalue weighted by Gasteiger charge is -2.34. The smallest absolute Gasteiger partial charge is 0.397 e. The first-order valence-corrected chi connectivity index (χ1v) is 7.01. The quantitative estimate of drug-likeness (QED) is 0.861. The molecule has 1 N–H and O–H groups in total. The minimum atomic E-state index is -4.27. The molecule has 1 amide bonds. The highest BCUT2D eigenvalue weighted by atomic mass is 32.2. The summed E-state index contributed by atoms with van der Waals surface area (Å²) in [7, 11) is 0. The third-order valence-electron chi connectivity index (χ3n) is 3.07. The Labute approximate surface area is 113 Å². The summed E-state index contributed by atoms with van der Waals surface area (Å²) in [6.45, 7) is 2.33. The van der Waals surface area contributed by atoms with Gasteiger partial charge in [0.2, 0.25) is 5.91 Å². The van der Waals surface area contributed by atoms with Gasteiger partial charge in [-0.2, -0.15) is 13.2 Å². The van der Waals surface area contributed by atoms with Gasteiger partial charge >= 0.3 is 12.1 Å². The van der Waals surface area contributed by atoms with E-state index in [4.69, 9.17) is 5.11 Å². The molecule has 2 unspecified atom stereocenters. The van der Waals surface area contributed by atoms with Crippen molar-refractivity contribution in [3.05, 3.63) is 0 Å². The summed E-state index contributed by atoms with van der Waals surface area (Å²) < 4.78 is 35.8. The number of carbonyl (C=O) groups is 2. The van der Waals surface area contributed by atoms with E-state index in [1.807, 2.05) is 0 Å². The van der Waals surface area contributed by atoms with Crippen molar-refractivity contribution in [1.29, 1.82) is 0 Å². The molecule has 0 aliphatic carbocycles. The van der Waals surface area contributed by atoms with Crippen molar-refractivity contribution in [1.82, 2.24) is 4.90 Å². The molecule has 1 heterocycles. The van der Waals surface area contributed by atoms with E-state index < -0.39 is 23.8 Å². The molecule has 110 valence electrons. The minimum Gasteiger partial charge on any atom is -0.481 e. The first-order valence-electron chi connectivity index (χ1n) is 5.86. The van der Waals surface area contributed by atoms with Crippen LogP contribution in [0, 0.1) is 11.8 Å². The average Bonchev–Trinajstić information content (AvgIpc) is 2.26. The molecule has 1 fully saturated rings. The standard InChI is InChI=1S/C11H16F3NO3S/c1-7-4-15(3-2-8(7)10(17)18)9(16)5-19-6-11(12,13)14/h7-8H,2-6H2,1H3,(H,17,18). The fourth-order valence-corrected chi connectivity index (χ4v) is 2.78. The van der Waals surface area contributed by atoms with Crippen molar-refractivity contribution in [2.24, 2.45) is 11.8 Å². The SMILES string of the molecule is CC1CN(C(=O)CSCC(F)(F)F)CCC1C(=O)O. The molecule has 8 heteroatoms. The first kappa shape index (κ1) is 16.1. The average molecular weight is 299 g/mol. The number of rotatable bonds is 4. The van der Waals surface area contributed by atoms with Gasteiger partial charge < -0.3 is 10.0 Å². The Balaban J connectivity index is 2.37. The summed E-state index contributed by atoms with van der Waals surface area (Å²) in [5.74, 6) is -3.16. The summed E-state index contributed by atoms with van der Waals surface area (Å²) >= 11 is 0.538. The van der Waals surface area contributed by atoms with Crippen molar-refractivity contribution in [2.45, 2.75) is 19.5 Å². The van der Waals surface area contributed by atoms with Crippen LogP contribution in [0.2, 0.25) is 0 Å². The van der Waals surface area contributed by atoms with Gasteiger partial charge in [0.25, 0.3) is 0 Å². The van der Waals surface area contributed by atoms with E-state index in [1.165, 1.54) is 4.90 Å². The number of nitrogens with zero attached hydrogens (tertiary/aromatic N) is 1. The van der Waals surface area contributed by atoms with Crippen LogP contribution < -0.4 is 0 Å². The molecular formula is C11H16F3NO3S. The van der Waals surface area contributed by atoms with E-state index in [2.05, 4.69) is 0 Å². The van der Waals surface area contributed by atoms with Gasteiger partial charge in [0, 0.05) is 13.1 Å². The Morgan fingerprint density at radius 1 is 1.42 bits per heavy atom. The molecule has 1 aliphatic heterocycles. The lowest BCUT2D eigenvalue weighted by Crippen LogP contribution is -2.45. The largest absolute Gasteiger partial charge is 0.481 e. The molecular weight excluding hydrogens is 283 g/mol. The van der Waals surface area contributed by atoms with Gasteiger partial charge in [-0.25, -0.2) is 0 Å². The van der Waals surface area contributed by atoms with Gasteiger partial charge in [0.1, 0.15) is 0 Å². The first-order chi connectivity index (χ1) is 8.70. The van der Waals surface area contributed by atoms with E-state index >= 15 is 0 Å². The van der Waals surface area contributed by atoms with Crippen molar-refractivity contribution in [3.63, 3.8) is 0 Å². The zero-order valence-electron chi connectivity index (χ0n) is 10.4. The number of alkyl halides is 3. The number of aliphatic carboxylic acids is 1. The number of carboxylic acids is 1. The highest BCUT2D eigenvalue weighted by Gasteiger charge is 2.33. The number of carboxylic acid groups (broad SMARTS) is 1. The van der Waals surface area contributed by atoms with E-state index in [9.17, 15) is 22.8 Å². The van der Waals surface area contributed by atoms with Crippen LogP contribution in [0.3, 0.4) is 0 Å². The van der Waals surface area contributed by atoms with Gasteiger partial charge in [-0.15, -0.1) is 11.8 Å². The monoisotopic (exact) mass is 299 g/mol. The fourth-order valence-electron chi connectivity index (χ4n) is 2.08.